The lowest BCUT2D eigenvalue weighted by atomic mass is 10.3. The molecule has 0 atom stereocenters. The quantitative estimate of drug-likeness (QED) is 0.523. The standard InChI is InChI=1S/C15H25ClN2S/c1-3-18(4-2)12-5-10-17-11-13-19-15-8-6-14(16)7-9-15/h6-9,17H,3-5,10-13H2,1-2H3. The molecule has 0 saturated heterocycles. The number of hydrogen-bond acceptors (Lipinski definition) is 3. The van der Waals surface area contributed by atoms with Gasteiger partial charge in [-0.15, -0.1) is 11.8 Å². The minimum Gasteiger partial charge on any atom is -0.316 e. The third-order valence-corrected chi connectivity index (χ3v) is 4.35. The van der Waals surface area contributed by atoms with Crippen LogP contribution in [-0.4, -0.2) is 43.4 Å². The zero-order chi connectivity index (χ0) is 13.9. The number of hydrogen-bond donors (Lipinski definition) is 1. The van der Waals surface area contributed by atoms with Gasteiger partial charge in [-0.05, 0) is 56.9 Å². The van der Waals surface area contributed by atoms with E-state index >= 15 is 0 Å². The maximum Gasteiger partial charge on any atom is 0.0406 e. The summed E-state index contributed by atoms with van der Waals surface area (Å²) in [5.41, 5.74) is 0. The molecular formula is C15H25ClN2S. The largest absolute Gasteiger partial charge is 0.316 e. The second kappa shape index (κ2) is 10.6. The van der Waals surface area contributed by atoms with Gasteiger partial charge in [0.15, 0.2) is 0 Å². The van der Waals surface area contributed by atoms with Crippen molar-refractivity contribution in [2.24, 2.45) is 0 Å². The van der Waals surface area contributed by atoms with E-state index in [-0.39, 0.29) is 0 Å². The minimum absolute atomic E-state index is 0.805. The van der Waals surface area contributed by atoms with Gasteiger partial charge in [0.1, 0.15) is 0 Å². The Kier molecular flexibility index (Phi) is 9.35. The van der Waals surface area contributed by atoms with Crippen LogP contribution in [0, 0.1) is 0 Å². The molecule has 1 rings (SSSR count). The second-order valence-electron chi connectivity index (χ2n) is 4.43. The maximum absolute atomic E-state index is 5.85. The van der Waals surface area contributed by atoms with E-state index in [1.54, 1.807) is 0 Å². The summed E-state index contributed by atoms with van der Waals surface area (Å²) in [5, 5.41) is 4.30. The smallest absolute Gasteiger partial charge is 0.0406 e. The molecule has 0 aliphatic heterocycles. The van der Waals surface area contributed by atoms with Crippen LogP contribution in [0.5, 0.6) is 0 Å². The number of halogens is 1. The summed E-state index contributed by atoms with van der Waals surface area (Å²) in [7, 11) is 0. The van der Waals surface area contributed by atoms with Crippen LogP contribution in [0.1, 0.15) is 20.3 Å². The van der Waals surface area contributed by atoms with E-state index in [0.717, 1.165) is 37.0 Å². The predicted molar refractivity (Wildman–Crippen MR) is 87.5 cm³/mol. The molecule has 2 nitrogen and oxygen atoms in total. The van der Waals surface area contributed by atoms with Gasteiger partial charge >= 0.3 is 0 Å². The van der Waals surface area contributed by atoms with Crippen molar-refractivity contribution in [3.8, 4) is 0 Å². The molecule has 108 valence electrons. The van der Waals surface area contributed by atoms with Crippen LogP contribution in [0.2, 0.25) is 5.02 Å². The Morgan fingerprint density at radius 1 is 1.11 bits per heavy atom. The molecule has 0 bridgehead atoms. The fourth-order valence-corrected chi connectivity index (χ4v) is 2.80. The summed E-state index contributed by atoms with van der Waals surface area (Å²) in [6.45, 7) is 10.1. The van der Waals surface area contributed by atoms with E-state index in [9.17, 15) is 0 Å². The normalized spacial score (nSPS) is 11.2. The molecule has 0 aliphatic carbocycles. The van der Waals surface area contributed by atoms with Crippen molar-refractivity contribution in [2.75, 3.05) is 38.5 Å². The SMILES string of the molecule is CCN(CC)CCCNCCSc1ccc(Cl)cc1. The first-order valence-electron chi connectivity index (χ1n) is 7.07. The van der Waals surface area contributed by atoms with Gasteiger partial charge < -0.3 is 10.2 Å². The summed E-state index contributed by atoms with van der Waals surface area (Å²) >= 11 is 7.72. The first-order chi connectivity index (χ1) is 9.26. The summed E-state index contributed by atoms with van der Waals surface area (Å²) in [5.74, 6) is 1.10. The zero-order valence-corrected chi connectivity index (χ0v) is 13.6. The van der Waals surface area contributed by atoms with Crippen LogP contribution in [0.3, 0.4) is 0 Å². The molecule has 0 spiro atoms. The lowest BCUT2D eigenvalue weighted by molar-refractivity contribution is 0.298. The molecule has 0 saturated carbocycles. The van der Waals surface area contributed by atoms with E-state index in [1.807, 2.05) is 23.9 Å². The Labute approximate surface area is 126 Å². The molecule has 1 N–H and O–H groups in total. The van der Waals surface area contributed by atoms with E-state index in [2.05, 4.69) is 36.2 Å². The van der Waals surface area contributed by atoms with Crippen LogP contribution < -0.4 is 5.32 Å². The third kappa shape index (κ3) is 7.83. The number of benzene rings is 1. The van der Waals surface area contributed by atoms with Crippen LogP contribution in [0.25, 0.3) is 0 Å². The molecule has 0 amide bonds. The highest BCUT2D eigenvalue weighted by molar-refractivity contribution is 7.99. The molecule has 0 radical (unpaired) electrons. The number of nitrogens with one attached hydrogen (secondary N) is 1. The van der Waals surface area contributed by atoms with Crippen LogP contribution in [0.15, 0.2) is 29.2 Å². The summed E-state index contributed by atoms with van der Waals surface area (Å²) < 4.78 is 0. The Balaban J connectivity index is 1.98. The summed E-state index contributed by atoms with van der Waals surface area (Å²) in [6, 6.07) is 8.05. The molecular weight excluding hydrogens is 276 g/mol. The average Bonchev–Trinajstić information content (AvgIpc) is 2.44. The molecule has 0 unspecified atom stereocenters. The van der Waals surface area contributed by atoms with Crippen LogP contribution in [0.4, 0.5) is 0 Å². The molecule has 0 heterocycles. The van der Waals surface area contributed by atoms with Gasteiger partial charge in [-0.2, -0.15) is 0 Å². The Morgan fingerprint density at radius 2 is 1.79 bits per heavy atom. The molecule has 0 aromatic heterocycles. The van der Waals surface area contributed by atoms with Gasteiger partial charge in [-0.25, -0.2) is 0 Å². The fourth-order valence-electron chi connectivity index (χ4n) is 1.86. The van der Waals surface area contributed by atoms with E-state index < -0.39 is 0 Å². The minimum atomic E-state index is 0.805. The van der Waals surface area contributed by atoms with Gasteiger partial charge in [0.05, 0.1) is 0 Å². The maximum atomic E-state index is 5.85. The van der Waals surface area contributed by atoms with Gasteiger partial charge in [0.25, 0.3) is 0 Å². The van der Waals surface area contributed by atoms with E-state index in [1.165, 1.54) is 17.9 Å². The number of rotatable bonds is 10. The van der Waals surface area contributed by atoms with Gasteiger partial charge in [0.2, 0.25) is 0 Å². The molecule has 19 heavy (non-hydrogen) atoms. The number of nitrogens with zero attached hydrogens (tertiary/aromatic N) is 1. The molecule has 1 aromatic carbocycles. The Hall–Kier alpha value is -0.220. The Bertz CT molecular complexity index is 325. The molecule has 4 heteroatoms. The molecule has 1 aromatic rings. The van der Waals surface area contributed by atoms with Crippen molar-refractivity contribution in [3.63, 3.8) is 0 Å². The lowest BCUT2D eigenvalue weighted by Gasteiger charge is -2.17. The van der Waals surface area contributed by atoms with Crippen molar-refractivity contribution in [2.45, 2.75) is 25.2 Å². The Morgan fingerprint density at radius 3 is 2.42 bits per heavy atom. The van der Waals surface area contributed by atoms with Crippen molar-refractivity contribution in [3.05, 3.63) is 29.3 Å². The highest BCUT2D eigenvalue weighted by Crippen LogP contribution is 2.19. The van der Waals surface area contributed by atoms with E-state index in [0.29, 0.717) is 0 Å². The van der Waals surface area contributed by atoms with Gasteiger partial charge in [-0.3, -0.25) is 0 Å². The predicted octanol–water partition coefficient (Wildman–Crippen LogP) is 3.75. The van der Waals surface area contributed by atoms with Gasteiger partial charge in [0, 0.05) is 22.2 Å². The molecule has 0 aliphatic rings. The first kappa shape index (κ1) is 16.8. The van der Waals surface area contributed by atoms with Crippen molar-refractivity contribution in [1.82, 2.24) is 10.2 Å². The molecule has 0 fully saturated rings. The number of thioether (sulfide) groups is 1. The average molecular weight is 301 g/mol. The highest BCUT2D eigenvalue weighted by Gasteiger charge is 1.98. The summed E-state index contributed by atoms with van der Waals surface area (Å²) in [4.78, 5) is 3.75. The first-order valence-corrected chi connectivity index (χ1v) is 8.44. The highest BCUT2D eigenvalue weighted by atomic mass is 35.5. The monoisotopic (exact) mass is 300 g/mol. The topological polar surface area (TPSA) is 15.3 Å². The summed E-state index contributed by atoms with van der Waals surface area (Å²) in [6.07, 6.45) is 1.23. The van der Waals surface area contributed by atoms with Crippen LogP contribution >= 0.6 is 23.4 Å². The van der Waals surface area contributed by atoms with Crippen molar-refractivity contribution in [1.29, 1.82) is 0 Å². The lowest BCUT2D eigenvalue weighted by Crippen LogP contribution is -2.27. The van der Waals surface area contributed by atoms with Crippen molar-refractivity contribution >= 4 is 23.4 Å². The zero-order valence-electron chi connectivity index (χ0n) is 12.0. The fraction of sp³-hybridized carbons (Fsp3) is 0.600. The third-order valence-electron chi connectivity index (χ3n) is 3.08. The second-order valence-corrected chi connectivity index (χ2v) is 6.04. The van der Waals surface area contributed by atoms with Crippen LogP contribution in [-0.2, 0) is 0 Å². The van der Waals surface area contributed by atoms with Gasteiger partial charge in [-0.1, -0.05) is 25.4 Å². The van der Waals surface area contributed by atoms with Crippen molar-refractivity contribution < 1.29 is 0 Å². The van der Waals surface area contributed by atoms with E-state index in [4.69, 9.17) is 11.6 Å².